The first-order valence-corrected chi connectivity index (χ1v) is 23.5. The number of aliphatic imine (C=N–C) groups is 1. The fourth-order valence-corrected chi connectivity index (χ4v) is 10.1. The maximum atomic E-state index is 14.6. The van der Waals surface area contributed by atoms with Crippen LogP contribution in [0.25, 0.3) is 39.0 Å². The Bertz CT molecular complexity index is 2830. The van der Waals surface area contributed by atoms with E-state index < -0.39 is 54.3 Å². The number of alkyl carbamates (subject to hydrolysis) is 2. The van der Waals surface area contributed by atoms with E-state index in [4.69, 9.17) is 24.2 Å². The SMILES string of the molecule is COC(=O)N[C@H](C(=O)N1CCC[C@H]1c1nc2ccc3cc(-c4ccc5c(c4)C=CC4N=C([C@@H]6C[C@H](COC(F)F)CN6C(=O)C(NC(=O)OC(C)(C)C)c6ccccc6)NC54)ccc3c2[nH]1)C(C)C. The van der Waals surface area contributed by atoms with Crippen LogP contribution in [0.5, 0.6) is 0 Å². The number of imidazole rings is 1. The number of hydrogen-bond acceptors (Lipinski definition) is 10. The number of likely N-dealkylation sites (tertiary alicyclic amines) is 2. The number of H-pyrrole nitrogens is 1. The van der Waals surface area contributed by atoms with Crippen molar-refractivity contribution in [2.75, 3.05) is 26.8 Å². The molecule has 4 heterocycles. The smallest absolute Gasteiger partial charge is 0.408 e. The molecule has 3 unspecified atom stereocenters. The van der Waals surface area contributed by atoms with E-state index in [1.165, 1.54) is 7.11 Å². The molecule has 1 aromatic heterocycles. The van der Waals surface area contributed by atoms with Crippen LogP contribution in [0.4, 0.5) is 18.4 Å². The molecular weight excluding hydrogens is 887 g/mol. The fraction of sp³-hybridized carbons (Fsp3) is 0.423. The van der Waals surface area contributed by atoms with E-state index in [-0.39, 0.29) is 43.1 Å². The number of benzene rings is 4. The summed E-state index contributed by atoms with van der Waals surface area (Å²) in [5.74, 6) is 0.142. The van der Waals surface area contributed by atoms with Crippen LogP contribution < -0.4 is 16.0 Å². The van der Waals surface area contributed by atoms with Crippen LogP contribution in [0.2, 0.25) is 0 Å². The summed E-state index contributed by atoms with van der Waals surface area (Å²) in [5, 5.41) is 11.1. The molecule has 362 valence electrons. The molecule has 7 atom stereocenters. The number of fused-ring (bicyclic) bond motifs is 6. The van der Waals surface area contributed by atoms with E-state index in [9.17, 15) is 28.0 Å². The van der Waals surface area contributed by atoms with Crippen molar-refractivity contribution in [3.63, 3.8) is 0 Å². The normalized spacial score (nSPS) is 21.8. The first-order valence-electron chi connectivity index (χ1n) is 23.5. The van der Waals surface area contributed by atoms with Gasteiger partial charge in [-0.05, 0) is 97.4 Å². The van der Waals surface area contributed by atoms with Crippen LogP contribution in [-0.2, 0) is 23.8 Å². The van der Waals surface area contributed by atoms with Crippen molar-refractivity contribution in [3.05, 3.63) is 107 Å². The van der Waals surface area contributed by atoms with E-state index in [2.05, 4.69) is 69.5 Å². The highest BCUT2D eigenvalue weighted by molar-refractivity contribution is 6.05. The minimum Gasteiger partial charge on any atom is -0.453 e. The van der Waals surface area contributed by atoms with Crippen molar-refractivity contribution in [3.8, 4) is 11.1 Å². The summed E-state index contributed by atoms with van der Waals surface area (Å²) in [7, 11) is 1.28. The zero-order chi connectivity index (χ0) is 48.7. The Morgan fingerprint density at radius 2 is 1.67 bits per heavy atom. The third-order valence-electron chi connectivity index (χ3n) is 13.4. The second-order valence-corrected chi connectivity index (χ2v) is 19.6. The van der Waals surface area contributed by atoms with Gasteiger partial charge in [-0.3, -0.25) is 14.6 Å². The fourth-order valence-electron chi connectivity index (χ4n) is 10.1. The lowest BCUT2D eigenvalue weighted by Crippen LogP contribution is -2.51. The Kier molecular flexibility index (Phi) is 13.2. The minimum atomic E-state index is -2.96. The third kappa shape index (κ3) is 9.87. The highest BCUT2D eigenvalue weighted by atomic mass is 19.3. The second kappa shape index (κ2) is 19.3. The molecule has 0 bridgehead atoms. The second-order valence-electron chi connectivity index (χ2n) is 19.6. The number of aromatic nitrogens is 2. The van der Waals surface area contributed by atoms with Gasteiger partial charge in [-0.25, -0.2) is 14.6 Å². The maximum Gasteiger partial charge on any atom is 0.408 e. The summed E-state index contributed by atoms with van der Waals surface area (Å²) >= 11 is 0. The number of halogens is 2. The standard InChI is InChI=1S/C52H58F2N8O7/c1-28(2)41(59-50(65)67-6)47(63)61-22-10-13-39(61)45-55-37-20-16-33-24-31(14-18-35(33)43(37)57-45)32-15-19-36-34(25-32)17-21-38-44(36)58-46(56-38)40-23-29(27-68-49(53)54)26-62(40)48(64)42(30-11-8-7-9-12-30)60-51(66)69-52(3,4)5/h7-9,11-12,14-21,24-25,28-29,38-42,44,49H,10,13,22-23,26-27H2,1-6H3,(H,55,57)(H,56,58)(H,59,65)(H,60,66)/t29-,38?,39-,40-,41-,42?,44?/m0/s1. The van der Waals surface area contributed by atoms with Crippen LogP contribution in [0.3, 0.4) is 0 Å². The number of ether oxygens (including phenoxy) is 3. The van der Waals surface area contributed by atoms with Gasteiger partial charge in [0.1, 0.15) is 29.3 Å². The van der Waals surface area contributed by atoms with Crippen LogP contribution in [-0.4, -0.2) is 107 Å². The van der Waals surface area contributed by atoms with E-state index >= 15 is 0 Å². The number of alkyl halides is 2. The first-order chi connectivity index (χ1) is 33.0. The summed E-state index contributed by atoms with van der Waals surface area (Å²) < 4.78 is 41.7. The average molecular weight is 945 g/mol. The van der Waals surface area contributed by atoms with Gasteiger partial charge in [0, 0.05) is 24.4 Å². The van der Waals surface area contributed by atoms with Gasteiger partial charge < -0.3 is 44.9 Å². The van der Waals surface area contributed by atoms with Crippen LogP contribution in [0.15, 0.2) is 89.9 Å². The quantitative estimate of drug-likeness (QED) is 0.0953. The topological polar surface area (TPSA) is 180 Å². The molecule has 4 N–H and O–H groups in total. The maximum absolute atomic E-state index is 14.6. The van der Waals surface area contributed by atoms with Crippen molar-refractivity contribution in [1.82, 2.24) is 35.7 Å². The minimum absolute atomic E-state index is 0.122. The summed E-state index contributed by atoms with van der Waals surface area (Å²) in [5.41, 5.74) is 5.50. The Hall–Kier alpha value is -6.88. The number of methoxy groups -OCH3 is 1. The van der Waals surface area contributed by atoms with Crippen molar-refractivity contribution >= 4 is 57.7 Å². The van der Waals surface area contributed by atoms with Crippen LogP contribution in [0, 0.1) is 11.8 Å². The Morgan fingerprint density at radius 1 is 0.899 bits per heavy atom. The number of carbonyl (C=O) groups excluding carboxylic acids is 4. The van der Waals surface area contributed by atoms with Crippen molar-refractivity contribution < 1.29 is 42.2 Å². The summed E-state index contributed by atoms with van der Waals surface area (Å²) in [6.45, 7) is 6.48. The van der Waals surface area contributed by atoms with E-state index in [1.54, 1.807) is 49.9 Å². The lowest BCUT2D eigenvalue weighted by atomic mass is 9.88. The number of amidine groups is 1. The monoisotopic (exact) mass is 944 g/mol. The number of amides is 4. The number of hydrogen-bond donors (Lipinski definition) is 4. The molecule has 3 aliphatic heterocycles. The van der Waals surface area contributed by atoms with Gasteiger partial charge in [-0.1, -0.05) is 86.7 Å². The number of aromatic amines is 1. The molecule has 0 radical (unpaired) electrons. The number of carbonyl (C=O) groups is 4. The molecule has 9 rings (SSSR count). The summed E-state index contributed by atoms with van der Waals surface area (Å²) in [6, 6.07) is 22.4. The largest absolute Gasteiger partial charge is 0.453 e. The zero-order valence-corrected chi connectivity index (χ0v) is 39.5. The lowest BCUT2D eigenvalue weighted by Gasteiger charge is -2.31. The van der Waals surface area contributed by atoms with Gasteiger partial charge in [0.05, 0.1) is 48.9 Å². The zero-order valence-electron chi connectivity index (χ0n) is 39.5. The predicted octanol–water partition coefficient (Wildman–Crippen LogP) is 8.59. The Labute approximate surface area is 399 Å². The molecule has 5 aromatic rings. The molecule has 0 saturated carbocycles. The lowest BCUT2D eigenvalue weighted by molar-refractivity contribution is -0.139. The molecule has 69 heavy (non-hydrogen) atoms. The molecule has 17 heteroatoms. The predicted molar refractivity (Wildman–Crippen MR) is 257 cm³/mol. The molecule has 1 aliphatic carbocycles. The number of rotatable bonds is 12. The van der Waals surface area contributed by atoms with Gasteiger partial charge in [0.15, 0.2) is 0 Å². The summed E-state index contributed by atoms with van der Waals surface area (Å²) in [6.07, 6.45) is 4.59. The number of nitrogens with one attached hydrogen (secondary N) is 4. The van der Waals surface area contributed by atoms with Gasteiger partial charge in [-0.15, -0.1) is 0 Å². The molecule has 2 saturated heterocycles. The van der Waals surface area contributed by atoms with E-state index in [1.807, 2.05) is 37.0 Å². The van der Waals surface area contributed by atoms with Gasteiger partial charge in [-0.2, -0.15) is 8.78 Å². The molecule has 0 spiro atoms. The first kappa shape index (κ1) is 47.2. The van der Waals surface area contributed by atoms with Gasteiger partial charge >= 0.3 is 18.8 Å². The highest BCUT2D eigenvalue weighted by Crippen LogP contribution is 2.40. The van der Waals surface area contributed by atoms with Crippen LogP contribution in [0.1, 0.15) is 94.5 Å². The van der Waals surface area contributed by atoms with Gasteiger partial charge in [0.2, 0.25) is 5.91 Å². The molecule has 15 nitrogen and oxygen atoms in total. The van der Waals surface area contributed by atoms with Crippen molar-refractivity contribution in [2.45, 2.75) is 102 Å². The van der Waals surface area contributed by atoms with E-state index in [0.717, 1.165) is 56.9 Å². The molecule has 4 amide bonds. The molecular formula is C52H58F2N8O7. The van der Waals surface area contributed by atoms with Crippen molar-refractivity contribution in [1.29, 1.82) is 0 Å². The molecule has 4 aromatic carbocycles. The third-order valence-corrected chi connectivity index (χ3v) is 13.4. The van der Waals surface area contributed by atoms with E-state index in [0.29, 0.717) is 30.2 Å². The average Bonchev–Trinajstić information content (AvgIpc) is 4.16. The molecule has 2 fully saturated rings. The Morgan fingerprint density at radius 3 is 2.41 bits per heavy atom. The Balaban J connectivity index is 0.936. The highest BCUT2D eigenvalue weighted by Gasteiger charge is 2.45. The summed E-state index contributed by atoms with van der Waals surface area (Å²) in [4.78, 5) is 70.6. The van der Waals surface area contributed by atoms with Crippen molar-refractivity contribution in [2.24, 2.45) is 16.8 Å². The van der Waals surface area contributed by atoms with Crippen LogP contribution >= 0.6 is 0 Å². The van der Waals surface area contributed by atoms with Gasteiger partial charge in [0.25, 0.3) is 5.91 Å². The molecule has 4 aliphatic rings. The number of nitrogens with zero attached hydrogens (tertiary/aromatic N) is 4.